The summed E-state index contributed by atoms with van der Waals surface area (Å²) in [4.78, 5) is 25.8. The first-order chi connectivity index (χ1) is 20.5. The maximum atomic E-state index is 15.2. The molecule has 1 aliphatic carbocycles. The van der Waals surface area contributed by atoms with Gasteiger partial charge in [0.25, 0.3) is 5.56 Å². The number of halogens is 3. The molecule has 226 valence electrons. The standard InChI is InChI=1S/C31H33Cl2FN6O2S/c1-18-17-39(11-10-35-18)27-9-8-20(13-26(27)34)37-31-36-16-19-12-23(28-24(32)14-22(15-25(28)33)43(2,3)42)30(41)40(29(19)38-31)21-6-4-5-7-21/h8-9,12-16,18,21,35H,2,4-7,10-11,17H2,1,3H3,(H,36,37,38). The van der Waals surface area contributed by atoms with E-state index in [0.29, 0.717) is 38.4 Å². The van der Waals surface area contributed by atoms with Gasteiger partial charge < -0.3 is 15.5 Å². The molecule has 0 spiro atoms. The number of nitrogens with one attached hydrogen (secondary N) is 2. The third-order valence-electron chi connectivity index (χ3n) is 8.16. The molecule has 43 heavy (non-hydrogen) atoms. The van der Waals surface area contributed by atoms with Gasteiger partial charge in [0.15, 0.2) is 0 Å². The Balaban J connectivity index is 1.40. The van der Waals surface area contributed by atoms with E-state index in [4.69, 9.17) is 28.2 Å². The van der Waals surface area contributed by atoms with Gasteiger partial charge in [-0.15, -0.1) is 0 Å². The van der Waals surface area contributed by atoms with Gasteiger partial charge in [0.1, 0.15) is 11.5 Å². The number of rotatable bonds is 6. The fourth-order valence-corrected chi connectivity index (χ4v) is 7.59. The second-order valence-corrected chi connectivity index (χ2v) is 14.8. The lowest BCUT2D eigenvalue weighted by atomic mass is 10.0. The van der Waals surface area contributed by atoms with Crippen LogP contribution >= 0.6 is 23.2 Å². The number of aromatic nitrogens is 3. The molecule has 0 bridgehead atoms. The number of fused-ring (bicyclic) bond motifs is 1. The highest BCUT2D eigenvalue weighted by molar-refractivity contribution is 7.99. The van der Waals surface area contributed by atoms with Crippen molar-refractivity contribution in [1.29, 1.82) is 0 Å². The molecule has 0 amide bonds. The number of hydrogen-bond donors (Lipinski definition) is 2. The van der Waals surface area contributed by atoms with Crippen LogP contribution in [-0.4, -0.2) is 56.5 Å². The van der Waals surface area contributed by atoms with E-state index >= 15 is 4.39 Å². The van der Waals surface area contributed by atoms with Crippen LogP contribution in [0.2, 0.25) is 10.0 Å². The first kappa shape index (κ1) is 29.9. The molecule has 12 heteroatoms. The van der Waals surface area contributed by atoms with E-state index in [1.54, 1.807) is 41.1 Å². The Morgan fingerprint density at radius 1 is 1.14 bits per heavy atom. The van der Waals surface area contributed by atoms with E-state index in [1.165, 1.54) is 12.3 Å². The first-order valence-electron chi connectivity index (χ1n) is 14.3. The summed E-state index contributed by atoms with van der Waals surface area (Å²) in [6, 6.07) is 10.0. The zero-order valence-electron chi connectivity index (χ0n) is 24.0. The van der Waals surface area contributed by atoms with Gasteiger partial charge in [-0.3, -0.25) is 13.6 Å². The zero-order valence-corrected chi connectivity index (χ0v) is 26.3. The summed E-state index contributed by atoms with van der Waals surface area (Å²) in [5, 5.41) is 7.55. The van der Waals surface area contributed by atoms with Crippen molar-refractivity contribution >= 4 is 67.0 Å². The first-order valence-corrected chi connectivity index (χ1v) is 17.2. The quantitative estimate of drug-likeness (QED) is 0.240. The van der Waals surface area contributed by atoms with Crippen LogP contribution in [0, 0.1) is 5.82 Å². The fraction of sp³-hybridized carbons (Fsp3) is 0.355. The second-order valence-electron chi connectivity index (χ2n) is 11.5. The minimum atomic E-state index is -2.56. The van der Waals surface area contributed by atoms with Crippen LogP contribution in [0.4, 0.5) is 21.7 Å². The van der Waals surface area contributed by atoms with Crippen LogP contribution in [0.15, 0.2) is 52.3 Å². The molecule has 2 aromatic carbocycles. The topological polar surface area (TPSA) is 92.2 Å². The third-order valence-corrected chi connectivity index (χ3v) is 9.99. The van der Waals surface area contributed by atoms with Crippen LogP contribution < -0.4 is 21.1 Å². The van der Waals surface area contributed by atoms with Crippen LogP contribution in [0.5, 0.6) is 0 Å². The summed E-state index contributed by atoms with van der Waals surface area (Å²) in [5.41, 5.74) is 1.95. The Hall–Kier alpha value is -3.18. The van der Waals surface area contributed by atoms with Crippen LogP contribution in [0.3, 0.4) is 0 Å². The second kappa shape index (κ2) is 11.7. The Labute approximate surface area is 260 Å². The van der Waals surface area contributed by atoms with E-state index in [9.17, 15) is 9.00 Å². The molecular formula is C31H33Cl2FN6O2S. The average molecular weight is 644 g/mol. The number of benzene rings is 2. The molecule has 1 aliphatic heterocycles. The highest BCUT2D eigenvalue weighted by atomic mass is 35.5. The van der Waals surface area contributed by atoms with Crippen molar-refractivity contribution in [3.8, 4) is 11.1 Å². The summed E-state index contributed by atoms with van der Waals surface area (Å²) in [5.74, 6) is 3.64. The van der Waals surface area contributed by atoms with E-state index in [1.807, 2.05) is 4.90 Å². The van der Waals surface area contributed by atoms with Crippen molar-refractivity contribution in [2.75, 3.05) is 36.1 Å². The lowest BCUT2D eigenvalue weighted by molar-refractivity contribution is 0.478. The normalized spacial score (nSPS) is 19.1. The number of anilines is 3. The van der Waals surface area contributed by atoms with E-state index in [-0.39, 0.29) is 39.5 Å². The molecule has 4 aromatic rings. The molecule has 2 fully saturated rings. The van der Waals surface area contributed by atoms with E-state index in [0.717, 1.165) is 45.3 Å². The Morgan fingerprint density at radius 2 is 1.86 bits per heavy atom. The van der Waals surface area contributed by atoms with Crippen molar-refractivity contribution in [3.63, 3.8) is 0 Å². The van der Waals surface area contributed by atoms with Crippen molar-refractivity contribution in [2.45, 2.75) is 49.6 Å². The number of nitrogens with zero attached hydrogens (tertiary/aromatic N) is 4. The fourth-order valence-electron chi connectivity index (χ4n) is 6.04. The maximum absolute atomic E-state index is 15.2. The molecule has 2 atom stereocenters. The molecule has 3 heterocycles. The van der Waals surface area contributed by atoms with Gasteiger partial charge in [-0.05, 0) is 71.6 Å². The van der Waals surface area contributed by atoms with Gasteiger partial charge in [0, 0.05) is 65.7 Å². The van der Waals surface area contributed by atoms with Crippen molar-refractivity contribution < 1.29 is 8.60 Å². The number of piperazine rings is 1. The average Bonchev–Trinajstić information content (AvgIpc) is 3.47. The van der Waals surface area contributed by atoms with E-state index < -0.39 is 9.52 Å². The molecule has 2 unspecified atom stereocenters. The number of hydrogen-bond acceptors (Lipinski definition) is 7. The predicted molar refractivity (Wildman–Crippen MR) is 176 cm³/mol. The SMILES string of the molecule is C=S(C)(=O)c1cc(Cl)c(-c2cc3cnc(Nc4ccc(N5CCNC(C)C5)c(F)c4)nc3n(C3CCCC3)c2=O)c(Cl)c1. The molecule has 6 rings (SSSR count). The van der Waals surface area contributed by atoms with Crippen molar-refractivity contribution in [3.05, 3.63) is 68.8 Å². The van der Waals surface area contributed by atoms with Gasteiger partial charge >= 0.3 is 0 Å². The highest BCUT2D eigenvalue weighted by Gasteiger charge is 2.26. The Bertz CT molecular complexity index is 1870. The maximum Gasteiger partial charge on any atom is 0.260 e. The van der Waals surface area contributed by atoms with Gasteiger partial charge in [-0.1, -0.05) is 36.0 Å². The molecule has 8 nitrogen and oxygen atoms in total. The van der Waals surface area contributed by atoms with Crippen LogP contribution in [0.1, 0.15) is 38.6 Å². The van der Waals surface area contributed by atoms with E-state index in [2.05, 4.69) is 28.4 Å². The molecular weight excluding hydrogens is 610 g/mol. The van der Waals surface area contributed by atoms with Crippen molar-refractivity contribution in [1.82, 2.24) is 19.9 Å². The molecule has 2 aromatic heterocycles. The molecule has 0 radical (unpaired) electrons. The minimum absolute atomic E-state index is 0.0538. The summed E-state index contributed by atoms with van der Waals surface area (Å²) in [7, 11) is -2.56. The third kappa shape index (κ3) is 5.98. The monoisotopic (exact) mass is 642 g/mol. The highest BCUT2D eigenvalue weighted by Crippen LogP contribution is 2.38. The minimum Gasteiger partial charge on any atom is -0.366 e. The van der Waals surface area contributed by atoms with Gasteiger partial charge in [-0.2, -0.15) is 4.98 Å². The Kier molecular flexibility index (Phi) is 8.14. The molecule has 2 aliphatic rings. The summed E-state index contributed by atoms with van der Waals surface area (Å²) >= 11 is 13.3. The van der Waals surface area contributed by atoms with Gasteiger partial charge in [0.2, 0.25) is 5.95 Å². The van der Waals surface area contributed by atoms with Crippen molar-refractivity contribution in [2.24, 2.45) is 0 Å². The van der Waals surface area contributed by atoms with Gasteiger partial charge in [0.05, 0.1) is 21.3 Å². The largest absolute Gasteiger partial charge is 0.366 e. The predicted octanol–water partition coefficient (Wildman–Crippen LogP) is 6.27. The van der Waals surface area contributed by atoms with Crippen LogP contribution in [0.25, 0.3) is 22.2 Å². The smallest absolute Gasteiger partial charge is 0.260 e. The lowest BCUT2D eigenvalue weighted by Crippen LogP contribution is -2.49. The Morgan fingerprint density at radius 3 is 2.51 bits per heavy atom. The molecule has 1 saturated carbocycles. The number of pyridine rings is 1. The molecule has 2 N–H and O–H groups in total. The van der Waals surface area contributed by atoms with Gasteiger partial charge in [-0.25, -0.2) is 9.37 Å². The van der Waals surface area contributed by atoms with Crippen LogP contribution in [-0.2, 0) is 9.52 Å². The lowest BCUT2D eigenvalue weighted by Gasteiger charge is -2.33. The summed E-state index contributed by atoms with van der Waals surface area (Å²) in [6.07, 6.45) is 6.82. The summed E-state index contributed by atoms with van der Waals surface area (Å²) < 4.78 is 29.4. The zero-order chi connectivity index (χ0) is 30.5. The molecule has 1 saturated heterocycles. The summed E-state index contributed by atoms with van der Waals surface area (Å²) in [6.45, 7) is 4.35.